The number of unbranched alkanes of at least 4 members (excludes halogenated alkanes) is 1. The first kappa shape index (κ1) is 17.2. The number of nitrogens with one attached hydrogen (secondary N) is 1. The molecule has 0 aliphatic rings. The number of carbonyl (C=O) groups excluding carboxylic acids is 1. The summed E-state index contributed by atoms with van der Waals surface area (Å²) in [5, 5.41) is 12.0. The molecule has 0 heterocycles. The molecule has 0 bridgehead atoms. The summed E-state index contributed by atoms with van der Waals surface area (Å²) in [5.41, 5.74) is 0.893. The molecule has 116 valence electrons. The van der Waals surface area contributed by atoms with Crippen molar-refractivity contribution in [2.75, 3.05) is 26.2 Å². The van der Waals surface area contributed by atoms with E-state index in [2.05, 4.69) is 24.1 Å². The van der Waals surface area contributed by atoms with Crippen LogP contribution in [0.2, 0.25) is 0 Å². The maximum atomic E-state index is 11.6. The van der Waals surface area contributed by atoms with Crippen molar-refractivity contribution < 1.29 is 9.90 Å². The minimum Gasteiger partial charge on any atom is -0.508 e. The molecule has 21 heavy (non-hydrogen) atoms. The van der Waals surface area contributed by atoms with Gasteiger partial charge in [-0.1, -0.05) is 26.0 Å². The highest BCUT2D eigenvalue weighted by Gasteiger charge is 1.99. The maximum absolute atomic E-state index is 11.6. The molecular formula is C17H26N2O2. The van der Waals surface area contributed by atoms with E-state index in [0.717, 1.165) is 38.0 Å². The summed E-state index contributed by atoms with van der Waals surface area (Å²) in [6.07, 6.45) is 5.36. The Morgan fingerprint density at radius 1 is 1.19 bits per heavy atom. The number of nitrogens with zero attached hydrogens (tertiary/aromatic N) is 1. The Morgan fingerprint density at radius 2 is 1.86 bits per heavy atom. The van der Waals surface area contributed by atoms with E-state index < -0.39 is 0 Å². The number of carbonyl (C=O) groups is 1. The van der Waals surface area contributed by atoms with E-state index in [1.807, 2.05) is 0 Å². The standard InChI is InChI=1S/C17H26N2O2/c1-3-19(4-2)14-6-5-13-18-17(21)12-9-15-7-10-16(20)11-8-15/h7-12,20H,3-6,13-14H2,1-2H3,(H,18,21)/b12-9+. The van der Waals surface area contributed by atoms with Crippen LogP contribution in [0, 0.1) is 0 Å². The Hall–Kier alpha value is -1.81. The van der Waals surface area contributed by atoms with Crippen LogP contribution >= 0.6 is 0 Å². The Bertz CT molecular complexity index is 437. The third-order valence-corrected chi connectivity index (χ3v) is 3.42. The molecule has 2 N–H and O–H groups in total. The van der Waals surface area contributed by atoms with Gasteiger partial charge in [0, 0.05) is 12.6 Å². The second-order valence-electron chi connectivity index (χ2n) is 4.95. The Labute approximate surface area is 127 Å². The molecule has 0 aliphatic carbocycles. The van der Waals surface area contributed by atoms with Gasteiger partial charge >= 0.3 is 0 Å². The zero-order valence-corrected chi connectivity index (χ0v) is 13.0. The average Bonchev–Trinajstić information content (AvgIpc) is 2.50. The molecule has 0 radical (unpaired) electrons. The van der Waals surface area contributed by atoms with Crippen molar-refractivity contribution in [3.63, 3.8) is 0 Å². The van der Waals surface area contributed by atoms with Crippen LogP contribution in [-0.2, 0) is 4.79 Å². The van der Waals surface area contributed by atoms with E-state index in [4.69, 9.17) is 5.11 Å². The monoisotopic (exact) mass is 290 g/mol. The maximum Gasteiger partial charge on any atom is 0.243 e. The topological polar surface area (TPSA) is 52.6 Å². The normalized spacial score (nSPS) is 11.2. The largest absolute Gasteiger partial charge is 0.508 e. The van der Waals surface area contributed by atoms with Gasteiger partial charge in [-0.3, -0.25) is 4.79 Å². The van der Waals surface area contributed by atoms with Crippen molar-refractivity contribution in [2.24, 2.45) is 0 Å². The number of phenolic OH excluding ortho intramolecular Hbond substituents is 1. The highest BCUT2D eigenvalue weighted by atomic mass is 16.3. The van der Waals surface area contributed by atoms with Crippen LogP contribution < -0.4 is 5.32 Å². The molecule has 1 aromatic carbocycles. The first-order chi connectivity index (χ1) is 10.2. The third-order valence-electron chi connectivity index (χ3n) is 3.42. The summed E-state index contributed by atoms with van der Waals surface area (Å²) in [6.45, 7) is 8.29. The summed E-state index contributed by atoms with van der Waals surface area (Å²) in [4.78, 5) is 14.0. The molecule has 0 saturated carbocycles. The zero-order valence-electron chi connectivity index (χ0n) is 13.0. The quantitative estimate of drug-likeness (QED) is 0.543. The summed E-state index contributed by atoms with van der Waals surface area (Å²) < 4.78 is 0. The minimum atomic E-state index is -0.0779. The molecule has 1 rings (SSSR count). The van der Waals surface area contributed by atoms with E-state index in [1.54, 1.807) is 30.3 Å². The molecule has 4 heteroatoms. The molecule has 0 fully saturated rings. The fourth-order valence-electron chi connectivity index (χ4n) is 2.03. The van der Waals surface area contributed by atoms with Crippen LogP contribution in [0.1, 0.15) is 32.3 Å². The Kier molecular flexibility index (Phi) is 8.21. The van der Waals surface area contributed by atoms with Crippen LogP contribution in [0.4, 0.5) is 0 Å². The van der Waals surface area contributed by atoms with Crippen molar-refractivity contribution in [1.29, 1.82) is 0 Å². The van der Waals surface area contributed by atoms with Gasteiger partial charge in [0.2, 0.25) is 5.91 Å². The second-order valence-corrected chi connectivity index (χ2v) is 4.95. The van der Waals surface area contributed by atoms with E-state index >= 15 is 0 Å². The fraction of sp³-hybridized carbons (Fsp3) is 0.471. The summed E-state index contributed by atoms with van der Waals surface area (Å²) in [6, 6.07) is 6.74. The van der Waals surface area contributed by atoms with Gasteiger partial charge in [-0.25, -0.2) is 0 Å². The molecule has 0 aliphatic heterocycles. The predicted molar refractivity (Wildman–Crippen MR) is 87.2 cm³/mol. The lowest BCUT2D eigenvalue weighted by atomic mass is 10.2. The average molecular weight is 290 g/mol. The van der Waals surface area contributed by atoms with Gasteiger partial charge in [0.1, 0.15) is 5.75 Å². The smallest absolute Gasteiger partial charge is 0.243 e. The van der Waals surface area contributed by atoms with Gasteiger partial charge in [-0.05, 0) is 56.2 Å². The highest BCUT2D eigenvalue weighted by Crippen LogP contribution is 2.10. The Balaban J connectivity index is 2.18. The van der Waals surface area contributed by atoms with Crippen LogP contribution in [-0.4, -0.2) is 42.1 Å². The summed E-state index contributed by atoms with van der Waals surface area (Å²) >= 11 is 0. The Morgan fingerprint density at radius 3 is 2.48 bits per heavy atom. The SMILES string of the molecule is CCN(CC)CCCCNC(=O)/C=C/c1ccc(O)cc1. The van der Waals surface area contributed by atoms with Crippen molar-refractivity contribution >= 4 is 12.0 Å². The van der Waals surface area contributed by atoms with E-state index in [9.17, 15) is 4.79 Å². The first-order valence-electron chi connectivity index (χ1n) is 7.63. The number of amides is 1. The van der Waals surface area contributed by atoms with Gasteiger partial charge in [0.25, 0.3) is 0 Å². The van der Waals surface area contributed by atoms with Crippen LogP contribution in [0.5, 0.6) is 5.75 Å². The molecular weight excluding hydrogens is 264 g/mol. The van der Waals surface area contributed by atoms with Crippen LogP contribution in [0.3, 0.4) is 0 Å². The van der Waals surface area contributed by atoms with E-state index in [0.29, 0.717) is 6.54 Å². The van der Waals surface area contributed by atoms with Crippen molar-refractivity contribution in [2.45, 2.75) is 26.7 Å². The van der Waals surface area contributed by atoms with E-state index in [-0.39, 0.29) is 11.7 Å². The number of benzene rings is 1. The zero-order chi connectivity index (χ0) is 15.5. The lowest BCUT2D eigenvalue weighted by molar-refractivity contribution is -0.116. The molecule has 0 atom stereocenters. The van der Waals surface area contributed by atoms with Crippen molar-refractivity contribution in [3.05, 3.63) is 35.9 Å². The number of hydrogen-bond acceptors (Lipinski definition) is 3. The molecule has 0 spiro atoms. The molecule has 0 aromatic heterocycles. The number of rotatable bonds is 9. The van der Waals surface area contributed by atoms with Gasteiger partial charge in [-0.2, -0.15) is 0 Å². The molecule has 4 nitrogen and oxygen atoms in total. The van der Waals surface area contributed by atoms with Crippen LogP contribution in [0.15, 0.2) is 30.3 Å². The number of hydrogen-bond donors (Lipinski definition) is 2. The number of phenols is 1. The van der Waals surface area contributed by atoms with Gasteiger partial charge in [-0.15, -0.1) is 0 Å². The highest BCUT2D eigenvalue weighted by molar-refractivity contribution is 5.91. The van der Waals surface area contributed by atoms with Crippen LogP contribution in [0.25, 0.3) is 6.08 Å². The molecule has 1 amide bonds. The summed E-state index contributed by atoms with van der Waals surface area (Å²) in [7, 11) is 0. The lowest BCUT2D eigenvalue weighted by Gasteiger charge is -2.17. The first-order valence-corrected chi connectivity index (χ1v) is 7.63. The van der Waals surface area contributed by atoms with Crippen molar-refractivity contribution in [1.82, 2.24) is 10.2 Å². The third kappa shape index (κ3) is 7.51. The predicted octanol–water partition coefficient (Wildman–Crippen LogP) is 2.64. The molecule has 1 aromatic rings. The number of aromatic hydroxyl groups is 1. The minimum absolute atomic E-state index is 0.0779. The van der Waals surface area contributed by atoms with Gasteiger partial charge in [0.15, 0.2) is 0 Å². The molecule has 0 saturated heterocycles. The van der Waals surface area contributed by atoms with Crippen molar-refractivity contribution in [3.8, 4) is 5.75 Å². The summed E-state index contributed by atoms with van der Waals surface area (Å²) in [5.74, 6) is 0.149. The fourth-order valence-corrected chi connectivity index (χ4v) is 2.03. The lowest BCUT2D eigenvalue weighted by Crippen LogP contribution is -2.26. The second kappa shape index (κ2) is 10.00. The van der Waals surface area contributed by atoms with E-state index in [1.165, 1.54) is 6.08 Å². The van der Waals surface area contributed by atoms with Gasteiger partial charge in [0.05, 0.1) is 0 Å². The molecule has 0 unspecified atom stereocenters. The van der Waals surface area contributed by atoms with Gasteiger partial charge < -0.3 is 15.3 Å².